The highest BCUT2D eigenvalue weighted by Gasteiger charge is 2.22. The molecule has 0 aliphatic carbocycles. The van der Waals surface area contributed by atoms with E-state index in [2.05, 4.69) is 34.2 Å². The summed E-state index contributed by atoms with van der Waals surface area (Å²) in [7, 11) is 0. The third-order valence-electron chi connectivity index (χ3n) is 3.38. The monoisotopic (exact) mass is 265 g/mol. The first kappa shape index (κ1) is 13.9. The largest absolute Gasteiger partial charge is 0.368 e. The van der Waals surface area contributed by atoms with Gasteiger partial charge in [-0.1, -0.05) is 13.8 Å². The molecule has 6 nitrogen and oxygen atoms in total. The van der Waals surface area contributed by atoms with Crippen molar-refractivity contribution in [3.05, 3.63) is 12.2 Å². The van der Waals surface area contributed by atoms with Crippen LogP contribution in [0.4, 0.5) is 0 Å². The van der Waals surface area contributed by atoms with E-state index in [-0.39, 0.29) is 0 Å². The standard InChI is InChI=1S/C13H23N5O/c1-10(2)9-17-5-7-18(8-6-17)12-4-3-11(13(14)19)15-16-12/h3-4,10-11,15H,5-9H2,1-2H3,(H2,14,19). The van der Waals surface area contributed by atoms with Crippen LogP contribution in [0.15, 0.2) is 17.3 Å². The Hall–Kier alpha value is -1.56. The summed E-state index contributed by atoms with van der Waals surface area (Å²) in [5.74, 6) is 1.19. The second-order valence-corrected chi connectivity index (χ2v) is 5.52. The maximum Gasteiger partial charge on any atom is 0.245 e. The normalized spacial score (nSPS) is 24.3. The first-order chi connectivity index (χ1) is 9.06. The summed E-state index contributed by atoms with van der Waals surface area (Å²) in [4.78, 5) is 15.7. The van der Waals surface area contributed by atoms with Crippen molar-refractivity contribution in [2.75, 3.05) is 32.7 Å². The first-order valence-electron chi connectivity index (χ1n) is 6.84. The van der Waals surface area contributed by atoms with Gasteiger partial charge in [-0.15, -0.1) is 0 Å². The molecule has 0 spiro atoms. The lowest BCUT2D eigenvalue weighted by Crippen LogP contribution is -2.50. The fourth-order valence-electron chi connectivity index (χ4n) is 2.41. The van der Waals surface area contributed by atoms with Crippen LogP contribution in [0.25, 0.3) is 0 Å². The van der Waals surface area contributed by atoms with Gasteiger partial charge in [0.1, 0.15) is 11.9 Å². The van der Waals surface area contributed by atoms with Crippen molar-refractivity contribution in [1.29, 1.82) is 0 Å². The molecule has 6 heteroatoms. The number of primary amides is 1. The molecule has 1 saturated heterocycles. The number of nitrogens with two attached hydrogens (primary N) is 1. The number of carbonyl (C=O) groups is 1. The van der Waals surface area contributed by atoms with Crippen molar-refractivity contribution >= 4 is 11.7 Å². The molecular weight excluding hydrogens is 242 g/mol. The van der Waals surface area contributed by atoms with E-state index in [1.54, 1.807) is 6.08 Å². The van der Waals surface area contributed by atoms with Crippen molar-refractivity contribution in [1.82, 2.24) is 15.2 Å². The van der Waals surface area contributed by atoms with Crippen LogP contribution in [0.2, 0.25) is 0 Å². The van der Waals surface area contributed by atoms with Crippen LogP contribution < -0.4 is 11.2 Å². The average molecular weight is 265 g/mol. The minimum absolute atomic E-state index is 0.402. The smallest absolute Gasteiger partial charge is 0.245 e. The van der Waals surface area contributed by atoms with Gasteiger partial charge in [0.05, 0.1) is 0 Å². The lowest BCUT2D eigenvalue weighted by molar-refractivity contribution is -0.118. The predicted octanol–water partition coefficient (Wildman–Crippen LogP) is -0.413. The molecule has 2 heterocycles. The number of rotatable bonds is 3. The van der Waals surface area contributed by atoms with E-state index in [4.69, 9.17) is 5.73 Å². The van der Waals surface area contributed by atoms with E-state index in [0.717, 1.165) is 38.6 Å². The molecule has 0 aromatic heterocycles. The average Bonchev–Trinajstić information content (AvgIpc) is 2.39. The molecule has 3 N–H and O–H groups in total. The van der Waals surface area contributed by atoms with Gasteiger partial charge in [0, 0.05) is 32.7 Å². The number of amidine groups is 1. The molecule has 1 amide bonds. The van der Waals surface area contributed by atoms with Crippen molar-refractivity contribution in [2.24, 2.45) is 16.8 Å². The van der Waals surface area contributed by atoms with Crippen LogP contribution >= 0.6 is 0 Å². The Balaban J connectivity index is 1.83. The fraction of sp³-hybridized carbons (Fsp3) is 0.692. The summed E-state index contributed by atoms with van der Waals surface area (Å²) >= 11 is 0. The molecule has 106 valence electrons. The topological polar surface area (TPSA) is 74.0 Å². The van der Waals surface area contributed by atoms with Crippen LogP contribution in [-0.4, -0.2) is 60.3 Å². The predicted molar refractivity (Wildman–Crippen MR) is 75.5 cm³/mol. The SMILES string of the molecule is CC(C)CN1CCN(C2=NNC(C(N)=O)C=C2)CC1. The van der Waals surface area contributed by atoms with Gasteiger partial charge in [0.15, 0.2) is 0 Å². The van der Waals surface area contributed by atoms with E-state index in [1.165, 1.54) is 0 Å². The number of hydrogen-bond acceptors (Lipinski definition) is 5. The number of hydrazone groups is 1. The Morgan fingerprint density at radius 3 is 2.63 bits per heavy atom. The molecule has 0 saturated carbocycles. The van der Waals surface area contributed by atoms with Crippen LogP contribution in [0, 0.1) is 5.92 Å². The second kappa shape index (κ2) is 6.06. The molecular formula is C13H23N5O. The summed E-state index contributed by atoms with van der Waals surface area (Å²) in [5, 5.41) is 4.23. The van der Waals surface area contributed by atoms with E-state index in [1.807, 2.05) is 6.08 Å². The van der Waals surface area contributed by atoms with Gasteiger partial charge in [-0.05, 0) is 18.1 Å². The van der Waals surface area contributed by atoms with Gasteiger partial charge >= 0.3 is 0 Å². The highest BCUT2D eigenvalue weighted by molar-refractivity contribution is 5.95. The lowest BCUT2D eigenvalue weighted by atomic mass is 10.2. The minimum atomic E-state index is -0.481. The zero-order chi connectivity index (χ0) is 13.8. The summed E-state index contributed by atoms with van der Waals surface area (Å²) < 4.78 is 0. The lowest BCUT2D eigenvalue weighted by Gasteiger charge is -2.37. The van der Waals surface area contributed by atoms with Gasteiger partial charge in [0.25, 0.3) is 0 Å². The van der Waals surface area contributed by atoms with Gasteiger partial charge in [-0.25, -0.2) is 0 Å². The summed E-state index contributed by atoms with van der Waals surface area (Å²) in [6.45, 7) is 9.70. The first-order valence-corrected chi connectivity index (χ1v) is 6.84. The highest BCUT2D eigenvalue weighted by atomic mass is 16.1. The molecule has 0 bridgehead atoms. The zero-order valence-corrected chi connectivity index (χ0v) is 11.7. The Labute approximate surface area is 114 Å². The number of piperazine rings is 1. The van der Waals surface area contributed by atoms with Gasteiger partial charge in [-0.3, -0.25) is 15.1 Å². The van der Waals surface area contributed by atoms with E-state index in [9.17, 15) is 4.79 Å². The Morgan fingerprint density at radius 1 is 1.47 bits per heavy atom. The fourth-order valence-corrected chi connectivity index (χ4v) is 2.41. The van der Waals surface area contributed by atoms with Crippen molar-refractivity contribution in [3.63, 3.8) is 0 Å². The number of nitrogens with one attached hydrogen (secondary N) is 1. The molecule has 2 aliphatic rings. The second-order valence-electron chi connectivity index (χ2n) is 5.52. The van der Waals surface area contributed by atoms with Gasteiger partial charge in [-0.2, -0.15) is 5.10 Å². The van der Waals surface area contributed by atoms with E-state index >= 15 is 0 Å². The zero-order valence-electron chi connectivity index (χ0n) is 11.7. The molecule has 1 unspecified atom stereocenters. The summed E-state index contributed by atoms with van der Waals surface area (Å²) in [6, 6.07) is -0.481. The number of nitrogens with zero attached hydrogens (tertiary/aromatic N) is 3. The summed E-state index contributed by atoms with van der Waals surface area (Å²) in [5.41, 5.74) is 7.99. The van der Waals surface area contributed by atoms with Crippen LogP contribution in [0.1, 0.15) is 13.8 Å². The number of carbonyl (C=O) groups excluding carboxylic acids is 1. The van der Waals surface area contributed by atoms with E-state index in [0.29, 0.717) is 5.92 Å². The molecule has 1 fully saturated rings. The van der Waals surface area contributed by atoms with Gasteiger partial charge in [0.2, 0.25) is 5.91 Å². The number of hydrogen-bond donors (Lipinski definition) is 2. The van der Waals surface area contributed by atoms with Crippen LogP contribution in [0.5, 0.6) is 0 Å². The molecule has 1 atom stereocenters. The maximum atomic E-state index is 11.0. The van der Waals surface area contributed by atoms with Crippen molar-refractivity contribution in [2.45, 2.75) is 19.9 Å². The third kappa shape index (κ3) is 3.70. The molecule has 2 rings (SSSR count). The van der Waals surface area contributed by atoms with Crippen molar-refractivity contribution in [3.8, 4) is 0 Å². The molecule has 19 heavy (non-hydrogen) atoms. The molecule has 0 aromatic carbocycles. The van der Waals surface area contributed by atoms with Crippen LogP contribution in [0.3, 0.4) is 0 Å². The summed E-state index contributed by atoms with van der Waals surface area (Å²) in [6.07, 6.45) is 3.65. The molecule has 0 aromatic rings. The van der Waals surface area contributed by atoms with Gasteiger partial charge < -0.3 is 10.6 Å². The maximum absolute atomic E-state index is 11.0. The Kier molecular flexibility index (Phi) is 4.42. The van der Waals surface area contributed by atoms with Crippen LogP contribution in [-0.2, 0) is 4.79 Å². The van der Waals surface area contributed by atoms with E-state index < -0.39 is 11.9 Å². The third-order valence-corrected chi connectivity index (χ3v) is 3.38. The Morgan fingerprint density at radius 2 is 2.16 bits per heavy atom. The number of amides is 1. The highest BCUT2D eigenvalue weighted by Crippen LogP contribution is 2.08. The minimum Gasteiger partial charge on any atom is -0.368 e. The van der Waals surface area contributed by atoms with Crippen molar-refractivity contribution < 1.29 is 4.79 Å². The quantitative estimate of drug-likeness (QED) is 0.727. The Bertz CT molecular complexity index is 382. The molecule has 0 radical (unpaired) electrons. The molecule has 2 aliphatic heterocycles.